The molecule has 9 heteroatoms. The average molecular weight is 424 g/mol. The molecule has 2 amide bonds. The molecule has 2 aromatic rings. The van der Waals surface area contributed by atoms with Gasteiger partial charge in [-0.1, -0.05) is 11.6 Å². The van der Waals surface area contributed by atoms with Gasteiger partial charge in [0.2, 0.25) is 0 Å². The Kier molecular flexibility index (Phi) is 7.24. The van der Waals surface area contributed by atoms with Crippen LogP contribution in [0.25, 0.3) is 0 Å². The van der Waals surface area contributed by atoms with Gasteiger partial charge < -0.3 is 19.8 Å². The lowest BCUT2D eigenvalue weighted by Gasteiger charge is -2.33. The first-order valence-corrected chi connectivity index (χ1v) is 10.4. The molecule has 0 saturated carbocycles. The molecule has 0 bridgehead atoms. The smallest absolute Gasteiger partial charge is 0.313 e. The van der Waals surface area contributed by atoms with E-state index in [2.05, 4.69) is 15.5 Å². The van der Waals surface area contributed by atoms with E-state index >= 15 is 0 Å². The number of benzene rings is 1. The molecule has 1 aromatic heterocycles. The second-order valence-corrected chi connectivity index (χ2v) is 7.89. The molecule has 1 fully saturated rings. The number of amides is 2. The molecule has 0 spiro atoms. The summed E-state index contributed by atoms with van der Waals surface area (Å²) in [4.78, 5) is 26.9. The Morgan fingerprint density at radius 3 is 2.75 bits per heavy atom. The van der Waals surface area contributed by atoms with E-state index in [-0.39, 0.29) is 6.04 Å². The number of methoxy groups -OCH3 is 1. The molecule has 1 aliphatic rings. The topological polar surface area (TPSA) is 83.8 Å². The molecular formula is C19H22ClN3O4S. The SMILES string of the molecule is COc1ccc(Cl)cc1NC(=O)C(=O)NC[C@H](c1ccoc1)N1CCSCC1. The zero-order chi connectivity index (χ0) is 19.9. The van der Waals surface area contributed by atoms with Gasteiger partial charge in [0.15, 0.2) is 0 Å². The van der Waals surface area contributed by atoms with Gasteiger partial charge in [-0.3, -0.25) is 14.5 Å². The zero-order valence-corrected chi connectivity index (χ0v) is 17.0. The van der Waals surface area contributed by atoms with Crippen molar-refractivity contribution in [2.24, 2.45) is 0 Å². The Labute approximate surface area is 172 Å². The number of halogens is 1. The summed E-state index contributed by atoms with van der Waals surface area (Å²) in [7, 11) is 1.48. The fraction of sp³-hybridized carbons (Fsp3) is 0.368. The van der Waals surface area contributed by atoms with E-state index in [0.29, 0.717) is 23.0 Å². The predicted molar refractivity (Wildman–Crippen MR) is 110 cm³/mol. The maximum absolute atomic E-state index is 12.3. The van der Waals surface area contributed by atoms with Crippen molar-refractivity contribution in [2.45, 2.75) is 6.04 Å². The van der Waals surface area contributed by atoms with Gasteiger partial charge in [0.1, 0.15) is 5.75 Å². The van der Waals surface area contributed by atoms with Crippen LogP contribution in [0.2, 0.25) is 5.02 Å². The van der Waals surface area contributed by atoms with Gasteiger partial charge in [-0.2, -0.15) is 11.8 Å². The second-order valence-electron chi connectivity index (χ2n) is 6.23. The van der Waals surface area contributed by atoms with E-state index in [9.17, 15) is 9.59 Å². The Balaban J connectivity index is 1.62. The number of anilines is 1. The first-order chi connectivity index (χ1) is 13.6. The van der Waals surface area contributed by atoms with Crippen LogP contribution in [0.4, 0.5) is 5.69 Å². The van der Waals surface area contributed by atoms with Crippen molar-refractivity contribution in [1.82, 2.24) is 10.2 Å². The highest BCUT2D eigenvalue weighted by atomic mass is 35.5. The summed E-state index contributed by atoms with van der Waals surface area (Å²) >= 11 is 7.87. The van der Waals surface area contributed by atoms with E-state index in [1.165, 1.54) is 13.2 Å². The summed E-state index contributed by atoms with van der Waals surface area (Å²) < 4.78 is 10.4. The normalized spacial score (nSPS) is 15.6. The second kappa shape index (κ2) is 9.86. The van der Waals surface area contributed by atoms with Crippen LogP contribution in [0.1, 0.15) is 11.6 Å². The van der Waals surface area contributed by atoms with Crippen LogP contribution < -0.4 is 15.4 Å². The van der Waals surface area contributed by atoms with Crippen molar-refractivity contribution in [3.63, 3.8) is 0 Å². The van der Waals surface area contributed by atoms with Crippen molar-refractivity contribution < 1.29 is 18.7 Å². The molecule has 1 aromatic carbocycles. The Hall–Kier alpha value is -2.16. The zero-order valence-electron chi connectivity index (χ0n) is 15.4. The van der Waals surface area contributed by atoms with Crippen LogP contribution in [0.5, 0.6) is 5.75 Å². The average Bonchev–Trinajstić information content (AvgIpc) is 3.23. The number of hydrogen-bond donors (Lipinski definition) is 2. The minimum absolute atomic E-state index is 0.0443. The van der Waals surface area contributed by atoms with Gasteiger partial charge >= 0.3 is 11.8 Å². The molecule has 1 aliphatic heterocycles. The minimum Gasteiger partial charge on any atom is -0.495 e. The van der Waals surface area contributed by atoms with Gasteiger partial charge in [-0.25, -0.2) is 0 Å². The molecule has 0 radical (unpaired) electrons. The molecule has 2 N–H and O–H groups in total. The first kappa shape index (κ1) is 20.6. The number of hydrogen-bond acceptors (Lipinski definition) is 6. The Bertz CT molecular complexity index is 810. The van der Waals surface area contributed by atoms with Crippen LogP contribution in [-0.2, 0) is 9.59 Å². The predicted octanol–water partition coefficient (Wildman–Crippen LogP) is 2.79. The maximum Gasteiger partial charge on any atom is 0.313 e. The summed E-state index contributed by atoms with van der Waals surface area (Å²) in [6.45, 7) is 2.15. The number of furan rings is 1. The summed E-state index contributed by atoms with van der Waals surface area (Å²) in [5, 5.41) is 5.70. The van der Waals surface area contributed by atoms with E-state index in [1.54, 1.807) is 24.7 Å². The molecule has 1 atom stereocenters. The summed E-state index contributed by atoms with van der Waals surface area (Å²) in [6, 6.07) is 6.64. The van der Waals surface area contributed by atoms with Gasteiger partial charge in [-0.05, 0) is 24.3 Å². The van der Waals surface area contributed by atoms with Crippen LogP contribution in [0, 0.1) is 0 Å². The standard InChI is InChI=1S/C19H22ClN3O4S/c1-26-17-3-2-14(20)10-15(17)22-19(25)18(24)21-11-16(13-4-7-27-12-13)23-5-8-28-9-6-23/h2-4,7,10,12,16H,5-6,8-9,11H2,1H3,(H,21,24)(H,22,25)/t16-/m1/s1. The summed E-state index contributed by atoms with van der Waals surface area (Å²) in [5.74, 6) is 1.00. The quantitative estimate of drug-likeness (QED) is 0.695. The van der Waals surface area contributed by atoms with E-state index < -0.39 is 11.8 Å². The van der Waals surface area contributed by atoms with Gasteiger partial charge in [0, 0.05) is 41.7 Å². The van der Waals surface area contributed by atoms with Crippen molar-refractivity contribution >= 4 is 40.9 Å². The highest BCUT2D eigenvalue weighted by Gasteiger charge is 2.25. The van der Waals surface area contributed by atoms with Crippen LogP contribution in [0.15, 0.2) is 41.2 Å². The number of rotatable bonds is 6. The molecule has 0 unspecified atom stereocenters. The van der Waals surface area contributed by atoms with E-state index in [1.807, 2.05) is 17.8 Å². The monoisotopic (exact) mass is 423 g/mol. The van der Waals surface area contributed by atoms with E-state index in [4.69, 9.17) is 20.8 Å². The number of carbonyl (C=O) groups excluding carboxylic acids is 2. The maximum atomic E-state index is 12.3. The lowest BCUT2D eigenvalue weighted by atomic mass is 10.1. The molecule has 150 valence electrons. The molecule has 1 saturated heterocycles. The third kappa shape index (κ3) is 5.21. The summed E-state index contributed by atoms with van der Waals surface area (Å²) in [5.41, 5.74) is 1.32. The summed E-state index contributed by atoms with van der Waals surface area (Å²) in [6.07, 6.45) is 3.29. The molecule has 2 heterocycles. The lowest BCUT2D eigenvalue weighted by Crippen LogP contribution is -2.44. The Morgan fingerprint density at radius 1 is 1.29 bits per heavy atom. The number of thioether (sulfide) groups is 1. The van der Waals surface area contributed by atoms with E-state index in [0.717, 1.165) is 30.2 Å². The molecule has 3 rings (SSSR count). The van der Waals surface area contributed by atoms with Gasteiger partial charge in [0.25, 0.3) is 0 Å². The van der Waals surface area contributed by atoms with Crippen molar-refractivity contribution in [3.05, 3.63) is 47.4 Å². The minimum atomic E-state index is -0.777. The molecule has 0 aliphatic carbocycles. The van der Waals surface area contributed by atoms with Crippen molar-refractivity contribution in [3.8, 4) is 5.75 Å². The van der Waals surface area contributed by atoms with Crippen LogP contribution in [-0.4, -0.2) is 55.0 Å². The molecular weight excluding hydrogens is 402 g/mol. The van der Waals surface area contributed by atoms with Crippen LogP contribution in [0.3, 0.4) is 0 Å². The Morgan fingerprint density at radius 2 is 2.07 bits per heavy atom. The van der Waals surface area contributed by atoms with Gasteiger partial charge in [0.05, 0.1) is 31.4 Å². The number of nitrogens with one attached hydrogen (secondary N) is 2. The number of carbonyl (C=O) groups is 2. The molecule has 28 heavy (non-hydrogen) atoms. The third-order valence-electron chi connectivity index (χ3n) is 4.49. The molecule has 7 nitrogen and oxygen atoms in total. The van der Waals surface area contributed by atoms with Crippen LogP contribution >= 0.6 is 23.4 Å². The number of ether oxygens (including phenoxy) is 1. The lowest BCUT2D eigenvalue weighted by molar-refractivity contribution is -0.136. The highest BCUT2D eigenvalue weighted by molar-refractivity contribution is 7.99. The fourth-order valence-corrected chi connectivity index (χ4v) is 4.14. The first-order valence-electron chi connectivity index (χ1n) is 8.85. The largest absolute Gasteiger partial charge is 0.495 e. The van der Waals surface area contributed by atoms with Crippen molar-refractivity contribution in [1.29, 1.82) is 0 Å². The number of nitrogens with zero attached hydrogens (tertiary/aromatic N) is 1. The highest BCUT2D eigenvalue weighted by Crippen LogP contribution is 2.28. The fourth-order valence-electron chi connectivity index (χ4n) is 3.04. The third-order valence-corrected chi connectivity index (χ3v) is 5.66. The van der Waals surface area contributed by atoms with Gasteiger partial charge in [-0.15, -0.1) is 0 Å². The van der Waals surface area contributed by atoms with Crippen molar-refractivity contribution in [2.75, 3.05) is 43.6 Å².